The molecule has 0 radical (unpaired) electrons. The second-order valence-electron chi connectivity index (χ2n) is 4.96. The Morgan fingerprint density at radius 2 is 2.00 bits per heavy atom. The Labute approximate surface area is 141 Å². The Morgan fingerprint density at radius 3 is 2.64 bits per heavy atom. The number of hydrogen-bond acceptors (Lipinski definition) is 3. The van der Waals surface area contributed by atoms with Crippen LogP contribution in [0.1, 0.15) is 19.4 Å². The first-order valence-electron chi connectivity index (χ1n) is 7.09. The van der Waals surface area contributed by atoms with E-state index in [9.17, 15) is 9.59 Å². The zero-order chi connectivity index (χ0) is 15.9. The maximum atomic E-state index is 12.2. The number of likely N-dealkylation sites (N-methyl/N-ethyl adjacent to an activating group) is 1. The lowest BCUT2D eigenvalue weighted by Crippen LogP contribution is -2.27. The first kappa shape index (κ1) is 15.4. The number of nitrogens with zero attached hydrogens (tertiary/aromatic N) is 2. The summed E-state index contributed by atoms with van der Waals surface area (Å²) in [6.07, 6.45) is 3.85. The molecule has 0 N–H and O–H groups in total. The normalized spacial score (nSPS) is 17.2. The van der Waals surface area contributed by atoms with Gasteiger partial charge in [-0.25, -0.2) is 0 Å². The molecule has 1 saturated heterocycles. The number of thioether (sulfide) groups is 1. The van der Waals surface area contributed by atoms with Gasteiger partial charge < -0.3 is 4.57 Å². The molecule has 22 heavy (non-hydrogen) atoms. The topological polar surface area (TPSA) is 42.3 Å². The number of amides is 2. The molecule has 6 heteroatoms. The van der Waals surface area contributed by atoms with Crippen LogP contribution < -0.4 is 0 Å². The van der Waals surface area contributed by atoms with Crippen molar-refractivity contribution in [2.24, 2.45) is 0 Å². The van der Waals surface area contributed by atoms with Gasteiger partial charge in [-0.15, -0.1) is 0 Å². The molecule has 3 rings (SSSR count). The zero-order valence-corrected chi connectivity index (χ0v) is 14.7. The molecule has 1 aromatic carbocycles. The van der Waals surface area contributed by atoms with Crippen molar-refractivity contribution in [1.29, 1.82) is 0 Å². The maximum Gasteiger partial charge on any atom is 0.293 e. The van der Waals surface area contributed by atoms with E-state index >= 15 is 0 Å². The molecular weight excluding hydrogens is 364 g/mol. The maximum absolute atomic E-state index is 12.2. The van der Waals surface area contributed by atoms with Gasteiger partial charge in [-0.2, -0.15) is 0 Å². The highest BCUT2D eigenvalue weighted by Crippen LogP contribution is 2.34. The number of rotatable bonds is 3. The lowest BCUT2D eigenvalue weighted by Gasteiger charge is -2.06. The Kier molecular flexibility index (Phi) is 4.14. The van der Waals surface area contributed by atoms with Crippen LogP contribution in [-0.2, 0) is 11.3 Å². The summed E-state index contributed by atoms with van der Waals surface area (Å²) in [5, 5.41) is 0.874. The van der Waals surface area contributed by atoms with Crippen molar-refractivity contribution >= 4 is 55.8 Å². The molecule has 0 unspecified atom stereocenters. The third kappa shape index (κ3) is 2.50. The number of aromatic nitrogens is 1. The van der Waals surface area contributed by atoms with Crippen molar-refractivity contribution in [3.8, 4) is 0 Å². The van der Waals surface area contributed by atoms with Gasteiger partial charge >= 0.3 is 0 Å². The number of benzene rings is 1. The molecule has 1 aliphatic heterocycles. The van der Waals surface area contributed by atoms with E-state index in [0.717, 1.165) is 39.2 Å². The smallest absolute Gasteiger partial charge is 0.293 e. The number of aryl methyl sites for hydroxylation is 1. The fourth-order valence-electron chi connectivity index (χ4n) is 2.59. The predicted octanol–water partition coefficient (Wildman–Crippen LogP) is 4.48. The average molecular weight is 379 g/mol. The highest BCUT2D eigenvalue weighted by molar-refractivity contribution is 9.10. The standard InChI is InChI=1S/C16H15BrN2O2S/c1-3-18-9-10(12-8-11(17)5-6-13(12)18)7-14-15(20)19(4-2)16(21)22-14/h5-9H,3-4H2,1-2H3/b14-7-. The minimum Gasteiger partial charge on any atom is -0.347 e. The minimum absolute atomic E-state index is 0.195. The molecule has 1 fully saturated rings. The molecule has 0 bridgehead atoms. The van der Waals surface area contributed by atoms with Crippen LogP contribution in [0.4, 0.5) is 4.79 Å². The molecule has 0 spiro atoms. The van der Waals surface area contributed by atoms with Gasteiger partial charge in [-0.1, -0.05) is 15.9 Å². The Bertz CT molecular complexity index is 810. The van der Waals surface area contributed by atoms with E-state index in [2.05, 4.69) is 33.5 Å². The quantitative estimate of drug-likeness (QED) is 0.739. The molecule has 114 valence electrons. The fourth-order valence-corrected chi connectivity index (χ4v) is 3.84. The van der Waals surface area contributed by atoms with E-state index in [4.69, 9.17) is 0 Å². The third-order valence-electron chi connectivity index (χ3n) is 3.69. The molecule has 1 aliphatic rings. The van der Waals surface area contributed by atoms with Crippen molar-refractivity contribution in [3.63, 3.8) is 0 Å². The highest BCUT2D eigenvalue weighted by atomic mass is 79.9. The number of halogens is 1. The van der Waals surface area contributed by atoms with E-state index in [1.54, 1.807) is 6.92 Å². The van der Waals surface area contributed by atoms with Crippen LogP contribution in [0.25, 0.3) is 17.0 Å². The van der Waals surface area contributed by atoms with Gasteiger partial charge in [-0.05, 0) is 49.9 Å². The highest BCUT2D eigenvalue weighted by Gasteiger charge is 2.33. The van der Waals surface area contributed by atoms with Gasteiger partial charge in [0.05, 0.1) is 4.91 Å². The third-order valence-corrected chi connectivity index (χ3v) is 5.09. The van der Waals surface area contributed by atoms with Crippen LogP contribution >= 0.6 is 27.7 Å². The molecule has 0 saturated carbocycles. The fraction of sp³-hybridized carbons (Fsp3) is 0.250. The summed E-state index contributed by atoms with van der Waals surface area (Å²) in [4.78, 5) is 25.8. The largest absolute Gasteiger partial charge is 0.347 e. The molecule has 1 aromatic heterocycles. The second kappa shape index (κ2) is 5.93. The van der Waals surface area contributed by atoms with Gasteiger partial charge in [0.25, 0.3) is 11.1 Å². The average Bonchev–Trinajstić information content (AvgIpc) is 2.97. The summed E-state index contributed by atoms with van der Waals surface area (Å²) in [7, 11) is 0. The first-order valence-corrected chi connectivity index (χ1v) is 8.69. The SMILES string of the molecule is CCN1C(=O)S/C(=C\c2cn(CC)c3ccc(Br)cc23)C1=O. The van der Waals surface area contributed by atoms with Crippen LogP contribution in [0.5, 0.6) is 0 Å². The first-order chi connectivity index (χ1) is 10.5. The van der Waals surface area contributed by atoms with Crippen molar-refractivity contribution < 1.29 is 9.59 Å². The van der Waals surface area contributed by atoms with Crippen LogP contribution in [0, 0.1) is 0 Å². The summed E-state index contributed by atoms with van der Waals surface area (Å²) in [6, 6.07) is 6.10. The van der Waals surface area contributed by atoms with Gasteiger partial charge in [0, 0.05) is 40.2 Å². The van der Waals surface area contributed by atoms with Gasteiger partial charge in [0.2, 0.25) is 0 Å². The van der Waals surface area contributed by atoms with Crippen molar-refractivity contribution in [3.05, 3.63) is 39.3 Å². The number of carbonyl (C=O) groups excluding carboxylic acids is 2. The summed E-state index contributed by atoms with van der Waals surface area (Å²) in [5.74, 6) is -0.204. The van der Waals surface area contributed by atoms with E-state index in [1.807, 2.05) is 24.4 Å². The molecule has 2 aromatic rings. The molecular formula is C16H15BrN2O2S. The molecule has 4 nitrogen and oxygen atoms in total. The lowest BCUT2D eigenvalue weighted by molar-refractivity contribution is -0.122. The van der Waals surface area contributed by atoms with Gasteiger partial charge in [-0.3, -0.25) is 14.5 Å². The summed E-state index contributed by atoms with van der Waals surface area (Å²) < 4.78 is 3.13. The second-order valence-corrected chi connectivity index (χ2v) is 6.87. The number of fused-ring (bicyclic) bond motifs is 1. The van der Waals surface area contributed by atoms with E-state index in [0.29, 0.717) is 11.4 Å². The minimum atomic E-state index is -0.204. The molecule has 0 aliphatic carbocycles. The van der Waals surface area contributed by atoms with E-state index < -0.39 is 0 Å². The summed E-state index contributed by atoms with van der Waals surface area (Å²) in [5.41, 5.74) is 2.08. The Balaban J connectivity index is 2.11. The van der Waals surface area contributed by atoms with E-state index in [1.165, 1.54) is 4.90 Å². The van der Waals surface area contributed by atoms with Crippen molar-refractivity contribution in [2.75, 3.05) is 6.54 Å². The Morgan fingerprint density at radius 1 is 1.23 bits per heavy atom. The van der Waals surface area contributed by atoms with Crippen LogP contribution in [0.3, 0.4) is 0 Å². The zero-order valence-electron chi connectivity index (χ0n) is 12.3. The summed E-state index contributed by atoms with van der Waals surface area (Å²) >= 11 is 4.50. The molecule has 0 atom stereocenters. The monoisotopic (exact) mass is 378 g/mol. The van der Waals surface area contributed by atoms with Gasteiger partial charge in [0.15, 0.2) is 0 Å². The van der Waals surface area contributed by atoms with Crippen molar-refractivity contribution in [2.45, 2.75) is 20.4 Å². The number of carbonyl (C=O) groups is 2. The molecule has 2 heterocycles. The van der Waals surface area contributed by atoms with Gasteiger partial charge in [0.1, 0.15) is 0 Å². The van der Waals surface area contributed by atoms with Crippen LogP contribution in [-0.4, -0.2) is 27.2 Å². The lowest BCUT2D eigenvalue weighted by atomic mass is 10.1. The van der Waals surface area contributed by atoms with E-state index in [-0.39, 0.29) is 11.1 Å². The van der Waals surface area contributed by atoms with Crippen LogP contribution in [0.2, 0.25) is 0 Å². The van der Waals surface area contributed by atoms with Crippen molar-refractivity contribution in [1.82, 2.24) is 9.47 Å². The summed E-state index contributed by atoms with van der Waals surface area (Å²) in [6.45, 7) is 5.14. The Hall–Kier alpha value is -1.53. The number of hydrogen-bond donors (Lipinski definition) is 0. The predicted molar refractivity (Wildman–Crippen MR) is 93.7 cm³/mol. The number of imide groups is 1. The molecule has 2 amide bonds. The van der Waals surface area contributed by atoms with Crippen LogP contribution in [0.15, 0.2) is 33.8 Å².